The highest BCUT2D eigenvalue weighted by Crippen LogP contribution is 2.37. The first-order valence-corrected chi connectivity index (χ1v) is 6.08. The second kappa shape index (κ2) is 4.52. The topological polar surface area (TPSA) is 15.3 Å². The van der Waals surface area contributed by atoms with Crippen LogP contribution in [-0.2, 0) is 6.18 Å². The molecule has 2 rings (SSSR count). The summed E-state index contributed by atoms with van der Waals surface area (Å²) in [6.45, 7) is 3.78. The Morgan fingerprint density at radius 1 is 1.21 bits per heavy atom. The summed E-state index contributed by atoms with van der Waals surface area (Å²) in [6.07, 6.45) is -1.06. The molecule has 0 amide bonds. The number of hydrogen-bond donors (Lipinski definition) is 1. The van der Waals surface area contributed by atoms with E-state index >= 15 is 0 Å². The van der Waals surface area contributed by atoms with Gasteiger partial charge in [0.2, 0.25) is 0 Å². The third-order valence-electron chi connectivity index (χ3n) is 2.76. The average molecular weight is 286 g/mol. The molecule has 6 heteroatoms. The molecule has 0 spiro atoms. The van der Waals surface area contributed by atoms with Gasteiger partial charge in [-0.15, -0.1) is 0 Å². The van der Waals surface area contributed by atoms with Crippen molar-refractivity contribution >= 4 is 23.0 Å². The number of halogens is 3. The van der Waals surface area contributed by atoms with Gasteiger partial charge in [0.1, 0.15) is 0 Å². The Morgan fingerprint density at radius 2 is 1.84 bits per heavy atom. The molecule has 1 aromatic carbocycles. The standard InChI is InChI=1S/C13H13F3N2S/c1-12(2)7-8-18(11(19)17-12)10-6-4-3-5-9(10)13(14,15)16/h3-8H,1-2H3,(H,17,19). The maximum Gasteiger partial charge on any atom is 0.418 e. The second-order valence-corrected chi connectivity index (χ2v) is 5.24. The van der Waals surface area contributed by atoms with Crippen LogP contribution >= 0.6 is 12.2 Å². The summed E-state index contributed by atoms with van der Waals surface area (Å²) in [7, 11) is 0. The van der Waals surface area contributed by atoms with E-state index in [9.17, 15) is 13.2 Å². The van der Waals surface area contributed by atoms with Crippen LogP contribution in [0.5, 0.6) is 0 Å². The van der Waals surface area contributed by atoms with Crippen LogP contribution in [0.15, 0.2) is 36.5 Å². The van der Waals surface area contributed by atoms with E-state index in [4.69, 9.17) is 12.2 Å². The van der Waals surface area contributed by atoms with Crippen LogP contribution in [-0.4, -0.2) is 10.7 Å². The van der Waals surface area contributed by atoms with Crippen molar-refractivity contribution < 1.29 is 13.2 Å². The maximum atomic E-state index is 13.0. The van der Waals surface area contributed by atoms with E-state index in [2.05, 4.69) is 5.32 Å². The zero-order valence-electron chi connectivity index (χ0n) is 10.5. The molecule has 0 saturated carbocycles. The van der Waals surface area contributed by atoms with E-state index < -0.39 is 11.7 Å². The van der Waals surface area contributed by atoms with Gasteiger partial charge in [-0.05, 0) is 44.3 Å². The van der Waals surface area contributed by atoms with Gasteiger partial charge >= 0.3 is 6.18 Å². The fourth-order valence-corrected chi connectivity index (χ4v) is 2.24. The molecule has 0 fully saturated rings. The highest BCUT2D eigenvalue weighted by atomic mass is 32.1. The molecule has 0 radical (unpaired) electrons. The molecule has 0 aliphatic carbocycles. The molecule has 1 heterocycles. The molecule has 1 N–H and O–H groups in total. The zero-order chi connectivity index (χ0) is 14.3. The monoisotopic (exact) mass is 286 g/mol. The highest BCUT2D eigenvalue weighted by molar-refractivity contribution is 7.80. The van der Waals surface area contributed by atoms with Crippen molar-refractivity contribution in [2.24, 2.45) is 0 Å². The lowest BCUT2D eigenvalue weighted by atomic mass is 10.0. The molecule has 1 aliphatic rings. The summed E-state index contributed by atoms with van der Waals surface area (Å²) in [6, 6.07) is 5.37. The predicted octanol–water partition coefficient (Wildman–Crippen LogP) is 3.69. The zero-order valence-corrected chi connectivity index (χ0v) is 11.3. The number of nitrogens with zero attached hydrogens (tertiary/aromatic N) is 1. The molecular weight excluding hydrogens is 273 g/mol. The van der Waals surface area contributed by atoms with E-state index in [1.54, 1.807) is 18.3 Å². The Bertz CT molecular complexity index is 535. The summed E-state index contributed by atoms with van der Waals surface area (Å²) in [5.41, 5.74) is -1.04. The summed E-state index contributed by atoms with van der Waals surface area (Å²) in [5, 5.41) is 3.24. The van der Waals surface area contributed by atoms with E-state index in [-0.39, 0.29) is 16.3 Å². The van der Waals surface area contributed by atoms with Gasteiger partial charge < -0.3 is 5.32 Å². The van der Waals surface area contributed by atoms with Gasteiger partial charge in [0.05, 0.1) is 16.8 Å². The first-order chi connectivity index (χ1) is 8.71. The van der Waals surface area contributed by atoms with Crippen molar-refractivity contribution in [1.82, 2.24) is 5.32 Å². The fourth-order valence-electron chi connectivity index (χ4n) is 1.82. The number of alkyl halides is 3. The van der Waals surface area contributed by atoms with E-state index in [1.807, 2.05) is 13.8 Å². The number of hydrogen-bond acceptors (Lipinski definition) is 1. The molecule has 0 aromatic heterocycles. The van der Waals surface area contributed by atoms with Crippen molar-refractivity contribution in [3.05, 3.63) is 42.1 Å². The minimum Gasteiger partial charge on any atom is -0.354 e. The van der Waals surface area contributed by atoms with Crippen LogP contribution in [0.2, 0.25) is 0 Å². The highest BCUT2D eigenvalue weighted by Gasteiger charge is 2.36. The first kappa shape index (κ1) is 13.9. The van der Waals surface area contributed by atoms with Crippen LogP contribution in [0.25, 0.3) is 0 Å². The lowest BCUT2D eigenvalue weighted by Crippen LogP contribution is -2.51. The maximum absolute atomic E-state index is 13.0. The Hall–Kier alpha value is -1.56. The largest absolute Gasteiger partial charge is 0.418 e. The van der Waals surface area contributed by atoms with Crippen LogP contribution in [0.4, 0.5) is 18.9 Å². The average Bonchev–Trinajstić information content (AvgIpc) is 2.26. The number of benzene rings is 1. The van der Waals surface area contributed by atoms with Gasteiger partial charge in [-0.3, -0.25) is 4.90 Å². The minimum atomic E-state index is -4.41. The van der Waals surface area contributed by atoms with Gasteiger partial charge in [0.25, 0.3) is 0 Å². The Kier molecular flexibility index (Phi) is 3.30. The number of anilines is 1. The molecular formula is C13H13F3N2S. The van der Waals surface area contributed by atoms with Crippen molar-refractivity contribution in [3.8, 4) is 0 Å². The van der Waals surface area contributed by atoms with E-state index in [0.29, 0.717) is 0 Å². The van der Waals surface area contributed by atoms with Crippen LogP contribution in [0.1, 0.15) is 19.4 Å². The van der Waals surface area contributed by atoms with Gasteiger partial charge in [-0.2, -0.15) is 13.2 Å². The normalized spacial score (nSPS) is 18.4. The second-order valence-electron chi connectivity index (χ2n) is 4.85. The Labute approximate surface area is 114 Å². The van der Waals surface area contributed by atoms with Gasteiger partial charge in [-0.25, -0.2) is 0 Å². The van der Waals surface area contributed by atoms with Gasteiger partial charge in [-0.1, -0.05) is 12.1 Å². The van der Waals surface area contributed by atoms with Gasteiger partial charge in [0.15, 0.2) is 5.11 Å². The number of nitrogens with one attached hydrogen (secondary N) is 1. The van der Waals surface area contributed by atoms with Crippen molar-refractivity contribution in [1.29, 1.82) is 0 Å². The smallest absolute Gasteiger partial charge is 0.354 e. The quantitative estimate of drug-likeness (QED) is 0.793. The molecule has 19 heavy (non-hydrogen) atoms. The van der Waals surface area contributed by atoms with Crippen molar-refractivity contribution in [3.63, 3.8) is 0 Å². The summed E-state index contributed by atoms with van der Waals surface area (Å²) < 4.78 is 38.9. The third kappa shape index (κ3) is 2.89. The predicted molar refractivity (Wildman–Crippen MR) is 72.9 cm³/mol. The van der Waals surface area contributed by atoms with Crippen molar-refractivity contribution in [2.75, 3.05) is 4.90 Å². The summed E-state index contributed by atoms with van der Waals surface area (Å²) in [5.74, 6) is 0. The number of para-hydroxylation sites is 1. The SMILES string of the molecule is CC1(C)C=CN(c2ccccc2C(F)(F)F)C(=S)N1. The fraction of sp³-hybridized carbons (Fsp3) is 0.308. The Morgan fingerprint density at radius 3 is 2.42 bits per heavy atom. The van der Waals surface area contributed by atoms with E-state index in [1.165, 1.54) is 17.0 Å². The molecule has 0 unspecified atom stereocenters. The van der Waals surface area contributed by atoms with Crippen LogP contribution in [0.3, 0.4) is 0 Å². The van der Waals surface area contributed by atoms with Crippen molar-refractivity contribution in [2.45, 2.75) is 25.6 Å². The molecule has 0 saturated heterocycles. The number of thiocarbonyl (C=S) groups is 1. The lowest BCUT2D eigenvalue weighted by Gasteiger charge is -2.35. The molecule has 1 aliphatic heterocycles. The molecule has 2 nitrogen and oxygen atoms in total. The summed E-state index contributed by atoms with van der Waals surface area (Å²) >= 11 is 5.14. The minimum absolute atomic E-state index is 0.0271. The Balaban J connectivity index is 2.47. The molecule has 0 bridgehead atoms. The summed E-state index contributed by atoms with van der Waals surface area (Å²) in [4.78, 5) is 1.34. The lowest BCUT2D eigenvalue weighted by molar-refractivity contribution is -0.137. The van der Waals surface area contributed by atoms with E-state index in [0.717, 1.165) is 6.07 Å². The number of rotatable bonds is 1. The third-order valence-corrected chi connectivity index (χ3v) is 3.06. The first-order valence-electron chi connectivity index (χ1n) is 5.68. The van der Waals surface area contributed by atoms with Crippen LogP contribution in [0, 0.1) is 0 Å². The molecule has 1 aromatic rings. The van der Waals surface area contributed by atoms with Crippen LogP contribution < -0.4 is 10.2 Å². The molecule has 102 valence electrons. The molecule has 0 atom stereocenters. The van der Waals surface area contributed by atoms with Gasteiger partial charge in [0, 0.05) is 6.20 Å².